The van der Waals surface area contributed by atoms with Crippen LogP contribution in [0.2, 0.25) is 5.02 Å². The molecule has 1 fully saturated rings. The highest BCUT2D eigenvalue weighted by molar-refractivity contribution is 6.32. The van der Waals surface area contributed by atoms with Crippen molar-refractivity contribution in [2.75, 3.05) is 25.0 Å². The number of ether oxygens (including phenoxy) is 1. The highest BCUT2D eigenvalue weighted by Crippen LogP contribution is 2.24. The third-order valence-corrected chi connectivity index (χ3v) is 4.60. The van der Waals surface area contributed by atoms with E-state index in [1.165, 1.54) is 0 Å². The van der Waals surface area contributed by atoms with E-state index in [4.69, 9.17) is 20.9 Å². The molecular formula is C18H20ClN3O4. The molecule has 0 radical (unpaired) electrons. The van der Waals surface area contributed by atoms with Crippen LogP contribution in [-0.4, -0.2) is 41.6 Å². The van der Waals surface area contributed by atoms with Gasteiger partial charge in [0.05, 0.1) is 5.02 Å². The Balaban J connectivity index is 1.44. The maximum Gasteiger partial charge on any atom is 0.260 e. The lowest BCUT2D eigenvalue weighted by molar-refractivity contribution is -0.136. The highest BCUT2D eigenvalue weighted by Gasteiger charge is 2.28. The van der Waals surface area contributed by atoms with Crippen molar-refractivity contribution in [1.29, 1.82) is 0 Å². The van der Waals surface area contributed by atoms with E-state index in [9.17, 15) is 9.59 Å². The molecule has 1 aliphatic rings. The Bertz CT molecular complexity index is 784. The minimum Gasteiger partial charge on any atom is -0.482 e. The van der Waals surface area contributed by atoms with E-state index in [0.29, 0.717) is 48.3 Å². The lowest BCUT2D eigenvalue weighted by Crippen LogP contribution is -2.43. The quantitative estimate of drug-likeness (QED) is 0.866. The zero-order chi connectivity index (χ0) is 18.5. The largest absolute Gasteiger partial charge is 0.482 e. The maximum absolute atomic E-state index is 12.3. The number of carbonyl (C=O) groups excluding carboxylic acids is 2. The van der Waals surface area contributed by atoms with Crippen LogP contribution in [0.5, 0.6) is 5.75 Å². The summed E-state index contributed by atoms with van der Waals surface area (Å²) in [4.78, 5) is 26.3. The van der Waals surface area contributed by atoms with E-state index in [-0.39, 0.29) is 24.3 Å². The number of amides is 2. The first kappa shape index (κ1) is 18.3. The molecule has 26 heavy (non-hydrogen) atoms. The normalized spacial score (nSPS) is 14.9. The summed E-state index contributed by atoms with van der Waals surface area (Å²) in [7, 11) is 0. The molecule has 0 atom stereocenters. The lowest BCUT2D eigenvalue weighted by atomic mass is 9.96. The molecule has 138 valence electrons. The van der Waals surface area contributed by atoms with Gasteiger partial charge in [-0.1, -0.05) is 28.9 Å². The van der Waals surface area contributed by atoms with E-state index in [2.05, 4.69) is 10.5 Å². The summed E-state index contributed by atoms with van der Waals surface area (Å²) in [6.45, 7) is 2.72. The number of aryl methyl sites for hydroxylation is 1. The number of benzene rings is 1. The number of nitrogens with zero attached hydrogens (tertiary/aromatic N) is 2. The van der Waals surface area contributed by atoms with Crippen molar-refractivity contribution in [1.82, 2.24) is 10.1 Å². The number of hydrogen-bond donors (Lipinski definition) is 1. The monoisotopic (exact) mass is 377 g/mol. The molecule has 3 rings (SSSR count). The van der Waals surface area contributed by atoms with Gasteiger partial charge in [0.15, 0.2) is 12.4 Å². The van der Waals surface area contributed by atoms with Gasteiger partial charge in [-0.3, -0.25) is 9.59 Å². The second kappa shape index (κ2) is 8.23. The van der Waals surface area contributed by atoms with Crippen molar-refractivity contribution in [2.24, 2.45) is 5.92 Å². The number of rotatable bonds is 5. The van der Waals surface area contributed by atoms with Gasteiger partial charge in [-0.2, -0.15) is 0 Å². The first-order valence-electron chi connectivity index (χ1n) is 8.42. The summed E-state index contributed by atoms with van der Waals surface area (Å²) >= 11 is 6.01. The summed E-state index contributed by atoms with van der Waals surface area (Å²) in [6.07, 6.45) is 1.20. The molecule has 0 unspecified atom stereocenters. The van der Waals surface area contributed by atoms with E-state index >= 15 is 0 Å². The van der Waals surface area contributed by atoms with Crippen LogP contribution in [0, 0.1) is 12.8 Å². The van der Waals surface area contributed by atoms with E-state index < -0.39 is 0 Å². The Labute approximate surface area is 156 Å². The van der Waals surface area contributed by atoms with Crippen molar-refractivity contribution in [3.63, 3.8) is 0 Å². The second-order valence-corrected chi connectivity index (χ2v) is 6.59. The molecule has 0 bridgehead atoms. The Morgan fingerprint density at radius 2 is 2.08 bits per heavy atom. The van der Waals surface area contributed by atoms with Gasteiger partial charge in [0.2, 0.25) is 5.91 Å². The molecule has 2 amide bonds. The van der Waals surface area contributed by atoms with E-state index in [1.807, 2.05) is 0 Å². The summed E-state index contributed by atoms with van der Waals surface area (Å²) < 4.78 is 10.4. The average molecular weight is 378 g/mol. The first-order chi connectivity index (χ1) is 12.5. The summed E-state index contributed by atoms with van der Waals surface area (Å²) in [6, 6.07) is 8.70. The molecule has 2 heterocycles. The molecule has 1 N–H and O–H groups in total. The first-order valence-corrected chi connectivity index (χ1v) is 8.80. The fraction of sp³-hybridized carbons (Fsp3) is 0.389. The SMILES string of the molecule is Cc1cc(NC(=O)C2CCN(C(=O)COc3ccccc3Cl)CC2)no1. The number of carbonyl (C=O) groups is 2. The Morgan fingerprint density at radius 1 is 1.35 bits per heavy atom. The van der Waals surface area contributed by atoms with Gasteiger partial charge in [0.25, 0.3) is 5.91 Å². The van der Waals surface area contributed by atoms with Gasteiger partial charge in [0.1, 0.15) is 11.5 Å². The van der Waals surface area contributed by atoms with Crippen molar-refractivity contribution in [3.05, 3.63) is 41.1 Å². The van der Waals surface area contributed by atoms with Crippen LogP contribution in [0.3, 0.4) is 0 Å². The second-order valence-electron chi connectivity index (χ2n) is 6.19. The molecular weight excluding hydrogens is 358 g/mol. The number of likely N-dealkylation sites (tertiary alicyclic amines) is 1. The van der Waals surface area contributed by atoms with Gasteiger partial charge in [-0.05, 0) is 31.9 Å². The predicted molar refractivity (Wildman–Crippen MR) is 96.1 cm³/mol. The third kappa shape index (κ3) is 4.54. The van der Waals surface area contributed by atoms with Gasteiger partial charge in [0, 0.05) is 25.1 Å². The Kier molecular flexibility index (Phi) is 5.78. The molecule has 1 aromatic carbocycles. The van der Waals surface area contributed by atoms with Crippen molar-refractivity contribution in [3.8, 4) is 5.75 Å². The molecule has 7 nitrogen and oxygen atoms in total. The molecule has 0 saturated carbocycles. The molecule has 0 aliphatic carbocycles. The number of halogens is 1. The number of hydrogen-bond acceptors (Lipinski definition) is 5. The molecule has 0 spiro atoms. The van der Waals surface area contributed by atoms with Crippen LogP contribution < -0.4 is 10.1 Å². The average Bonchev–Trinajstić information content (AvgIpc) is 3.05. The van der Waals surface area contributed by atoms with Crippen LogP contribution in [0.4, 0.5) is 5.82 Å². The van der Waals surface area contributed by atoms with Crippen molar-refractivity contribution >= 4 is 29.2 Å². The van der Waals surface area contributed by atoms with Crippen LogP contribution in [0.1, 0.15) is 18.6 Å². The van der Waals surface area contributed by atoms with Gasteiger partial charge in [-0.15, -0.1) is 0 Å². The molecule has 1 aliphatic heterocycles. The summed E-state index contributed by atoms with van der Waals surface area (Å²) in [5.74, 6) is 1.17. The number of nitrogens with one attached hydrogen (secondary N) is 1. The van der Waals surface area contributed by atoms with Gasteiger partial charge >= 0.3 is 0 Å². The van der Waals surface area contributed by atoms with Gasteiger partial charge in [-0.25, -0.2) is 0 Å². The van der Waals surface area contributed by atoms with Crippen molar-refractivity contribution in [2.45, 2.75) is 19.8 Å². The Morgan fingerprint density at radius 3 is 2.73 bits per heavy atom. The topological polar surface area (TPSA) is 84.7 Å². The molecule has 8 heteroatoms. The summed E-state index contributed by atoms with van der Waals surface area (Å²) in [5.41, 5.74) is 0. The molecule has 1 saturated heterocycles. The minimum atomic E-state index is -0.152. The Hall–Kier alpha value is -2.54. The van der Waals surface area contributed by atoms with E-state index in [0.717, 1.165) is 0 Å². The van der Waals surface area contributed by atoms with Crippen LogP contribution in [-0.2, 0) is 9.59 Å². The zero-order valence-corrected chi connectivity index (χ0v) is 15.2. The maximum atomic E-state index is 12.3. The smallest absolute Gasteiger partial charge is 0.260 e. The fourth-order valence-electron chi connectivity index (χ4n) is 2.84. The fourth-order valence-corrected chi connectivity index (χ4v) is 3.03. The van der Waals surface area contributed by atoms with Crippen LogP contribution in [0.15, 0.2) is 34.9 Å². The number of para-hydroxylation sites is 1. The summed E-state index contributed by atoms with van der Waals surface area (Å²) in [5, 5.41) is 6.97. The lowest BCUT2D eigenvalue weighted by Gasteiger charge is -2.31. The van der Waals surface area contributed by atoms with E-state index in [1.54, 1.807) is 42.2 Å². The standard InChI is InChI=1S/C18H20ClN3O4/c1-12-10-16(21-26-12)20-18(24)13-6-8-22(9-7-13)17(23)11-25-15-5-3-2-4-14(15)19/h2-5,10,13H,6-9,11H2,1H3,(H,20,21,24). The number of anilines is 1. The zero-order valence-electron chi connectivity index (χ0n) is 14.4. The van der Waals surface area contributed by atoms with Crippen LogP contribution in [0.25, 0.3) is 0 Å². The minimum absolute atomic E-state index is 0.0706. The van der Waals surface area contributed by atoms with Crippen LogP contribution >= 0.6 is 11.6 Å². The third-order valence-electron chi connectivity index (χ3n) is 4.29. The molecule has 1 aromatic heterocycles. The molecule has 2 aromatic rings. The van der Waals surface area contributed by atoms with Gasteiger partial charge < -0.3 is 19.5 Å². The highest BCUT2D eigenvalue weighted by atomic mass is 35.5. The predicted octanol–water partition coefficient (Wildman–Crippen LogP) is 2.89. The number of piperidine rings is 1. The van der Waals surface area contributed by atoms with Crippen molar-refractivity contribution < 1.29 is 18.8 Å². The number of aromatic nitrogens is 1.